The number of anilines is 1. The predicted octanol–water partition coefficient (Wildman–Crippen LogP) is 3.58. The fourth-order valence-corrected chi connectivity index (χ4v) is 2.92. The molecular weight excluding hydrogens is 295 g/mol. The fourth-order valence-electron chi connectivity index (χ4n) is 2.92. The minimum Gasteiger partial charge on any atom is -0.353 e. The van der Waals surface area contributed by atoms with Crippen molar-refractivity contribution in [2.75, 3.05) is 5.32 Å². The molecule has 2 amide bonds. The van der Waals surface area contributed by atoms with Gasteiger partial charge >= 0.3 is 0 Å². The Morgan fingerprint density at radius 2 is 2.09 bits per heavy atom. The summed E-state index contributed by atoms with van der Waals surface area (Å²) in [5.74, 6) is -0.735. The molecule has 0 saturated carbocycles. The molecule has 1 heterocycles. The van der Waals surface area contributed by atoms with Crippen molar-refractivity contribution in [1.29, 1.82) is 0 Å². The third kappa shape index (κ3) is 4.78. The third-order valence-electron chi connectivity index (χ3n) is 4.18. The summed E-state index contributed by atoms with van der Waals surface area (Å²) in [6.07, 6.45) is 3.21. The summed E-state index contributed by atoms with van der Waals surface area (Å²) >= 11 is 0. The Bertz CT molecular complexity index is 586. The van der Waals surface area contributed by atoms with E-state index >= 15 is 0 Å². The van der Waals surface area contributed by atoms with Crippen molar-refractivity contribution in [2.24, 2.45) is 5.92 Å². The van der Waals surface area contributed by atoms with Gasteiger partial charge in [-0.1, -0.05) is 32.8 Å². The number of amides is 2. The van der Waals surface area contributed by atoms with E-state index in [0.717, 1.165) is 19.3 Å². The average molecular weight is 320 g/mol. The van der Waals surface area contributed by atoms with E-state index in [2.05, 4.69) is 24.5 Å². The van der Waals surface area contributed by atoms with Gasteiger partial charge in [-0.25, -0.2) is 4.39 Å². The molecule has 2 N–H and O–H groups in total. The molecule has 1 aliphatic rings. The highest BCUT2D eigenvalue weighted by molar-refractivity contribution is 6.01. The summed E-state index contributed by atoms with van der Waals surface area (Å²) in [6.45, 7) is 6.34. The van der Waals surface area contributed by atoms with Gasteiger partial charge in [0.25, 0.3) is 0 Å². The van der Waals surface area contributed by atoms with E-state index in [1.807, 2.05) is 6.92 Å². The maximum absolute atomic E-state index is 13.3. The first kappa shape index (κ1) is 17.4. The van der Waals surface area contributed by atoms with Gasteiger partial charge in [0, 0.05) is 18.2 Å². The van der Waals surface area contributed by atoms with Gasteiger partial charge in [0.1, 0.15) is 5.82 Å². The van der Waals surface area contributed by atoms with Crippen LogP contribution in [0.4, 0.5) is 10.1 Å². The first-order valence-corrected chi connectivity index (χ1v) is 8.26. The van der Waals surface area contributed by atoms with E-state index in [0.29, 0.717) is 17.2 Å². The van der Waals surface area contributed by atoms with Crippen LogP contribution in [0.3, 0.4) is 0 Å². The van der Waals surface area contributed by atoms with Crippen molar-refractivity contribution in [3.8, 4) is 0 Å². The van der Waals surface area contributed by atoms with Gasteiger partial charge in [0.15, 0.2) is 0 Å². The van der Waals surface area contributed by atoms with Gasteiger partial charge in [-0.05, 0) is 37.0 Å². The van der Waals surface area contributed by atoms with Gasteiger partial charge in [-0.15, -0.1) is 0 Å². The standard InChI is InChI=1S/C18H25FN2O2/c1-11(2)5-4-6-12(3)20-18(23)15-10-17(22)21-16-9-13(19)7-8-14(15)16/h7-9,11-12,15H,4-6,10H2,1-3H3,(H,20,23)(H,21,22). The highest BCUT2D eigenvalue weighted by Crippen LogP contribution is 2.33. The molecule has 0 fully saturated rings. The van der Waals surface area contributed by atoms with E-state index in [1.54, 1.807) is 6.07 Å². The third-order valence-corrected chi connectivity index (χ3v) is 4.18. The summed E-state index contributed by atoms with van der Waals surface area (Å²) < 4.78 is 13.3. The Kier molecular flexibility index (Phi) is 5.74. The molecule has 4 nitrogen and oxygen atoms in total. The zero-order valence-corrected chi connectivity index (χ0v) is 14.0. The summed E-state index contributed by atoms with van der Waals surface area (Å²) in [5, 5.41) is 5.61. The Morgan fingerprint density at radius 3 is 2.78 bits per heavy atom. The first-order valence-electron chi connectivity index (χ1n) is 8.26. The number of fused-ring (bicyclic) bond motifs is 1. The molecule has 0 aliphatic carbocycles. The van der Waals surface area contributed by atoms with Crippen LogP contribution >= 0.6 is 0 Å². The number of nitrogens with one attached hydrogen (secondary N) is 2. The minimum atomic E-state index is -0.549. The van der Waals surface area contributed by atoms with Crippen LogP contribution in [0.5, 0.6) is 0 Å². The predicted molar refractivity (Wildman–Crippen MR) is 88.7 cm³/mol. The zero-order chi connectivity index (χ0) is 17.0. The lowest BCUT2D eigenvalue weighted by Gasteiger charge is -2.26. The number of rotatable bonds is 6. The highest BCUT2D eigenvalue weighted by Gasteiger charge is 2.31. The lowest BCUT2D eigenvalue weighted by molar-refractivity contribution is -0.126. The molecule has 0 aromatic heterocycles. The number of hydrogen-bond acceptors (Lipinski definition) is 2. The fraction of sp³-hybridized carbons (Fsp3) is 0.556. The maximum atomic E-state index is 13.3. The van der Waals surface area contributed by atoms with E-state index in [-0.39, 0.29) is 24.3 Å². The van der Waals surface area contributed by atoms with E-state index < -0.39 is 11.7 Å². The second kappa shape index (κ2) is 7.57. The molecule has 2 rings (SSSR count). The van der Waals surface area contributed by atoms with Crippen molar-refractivity contribution in [2.45, 2.75) is 58.4 Å². The number of carbonyl (C=O) groups is 2. The Labute approximate surface area is 136 Å². The van der Waals surface area contributed by atoms with E-state index in [9.17, 15) is 14.0 Å². The molecule has 2 unspecified atom stereocenters. The van der Waals surface area contributed by atoms with Crippen LogP contribution in [-0.4, -0.2) is 17.9 Å². The second-order valence-corrected chi connectivity index (χ2v) is 6.77. The smallest absolute Gasteiger partial charge is 0.228 e. The monoisotopic (exact) mass is 320 g/mol. The van der Waals surface area contributed by atoms with E-state index in [4.69, 9.17) is 0 Å². The van der Waals surface area contributed by atoms with Crippen LogP contribution in [0.15, 0.2) is 18.2 Å². The largest absolute Gasteiger partial charge is 0.353 e. The van der Waals surface area contributed by atoms with Gasteiger partial charge in [0.2, 0.25) is 11.8 Å². The average Bonchev–Trinajstić information content (AvgIpc) is 2.45. The lowest BCUT2D eigenvalue weighted by atomic mass is 9.89. The molecule has 0 bridgehead atoms. The lowest BCUT2D eigenvalue weighted by Crippen LogP contribution is -2.39. The Balaban J connectivity index is 2.01. The van der Waals surface area contributed by atoms with Crippen molar-refractivity contribution in [1.82, 2.24) is 5.32 Å². The molecule has 5 heteroatoms. The molecule has 0 radical (unpaired) electrons. The number of hydrogen-bond donors (Lipinski definition) is 2. The Morgan fingerprint density at radius 1 is 1.35 bits per heavy atom. The van der Waals surface area contributed by atoms with Gasteiger partial charge in [-0.3, -0.25) is 9.59 Å². The number of halogens is 1. The van der Waals surface area contributed by atoms with Crippen molar-refractivity contribution >= 4 is 17.5 Å². The van der Waals surface area contributed by atoms with Crippen molar-refractivity contribution in [3.63, 3.8) is 0 Å². The molecule has 1 aromatic carbocycles. The van der Waals surface area contributed by atoms with Crippen LogP contribution in [0.1, 0.15) is 57.9 Å². The molecule has 0 saturated heterocycles. The molecule has 23 heavy (non-hydrogen) atoms. The van der Waals surface area contributed by atoms with Crippen molar-refractivity contribution in [3.05, 3.63) is 29.6 Å². The van der Waals surface area contributed by atoms with Gasteiger partial charge in [0.05, 0.1) is 5.92 Å². The molecular formula is C18H25FN2O2. The van der Waals surface area contributed by atoms with Crippen LogP contribution in [-0.2, 0) is 9.59 Å². The summed E-state index contributed by atoms with van der Waals surface area (Å²) in [7, 11) is 0. The highest BCUT2D eigenvalue weighted by atomic mass is 19.1. The normalized spacial score (nSPS) is 18.3. The van der Waals surface area contributed by atoms with Gasteiger partial charge in [-0.2, -0.15) is 0 Å². The molecule has 1 aromatic rings. The summed E-state index contributed by atoms with van der Waals surface area (Å²) in [4.78, 5) is 24.3. The van der Waals surface area contributed by atoms with Crippen LogP contribution in [0.2, 0.25) is 0 Å². The molecule has 126 valence electrons. The minimum absolute atomic E-state index is 0.0649. The topological polar surface area (TPSA) is 58.2 Å². The number of benzene rings is 1. The quantitative estimate of drug-likeness (QED) is 0.841. The van der Waals surface area contributed by atoms with Crippen LogP contribution in [0, 0.1) is 11.7 Å². The molecule has 1 aliphatic heterocycles. The second-order valence-electron chi connectivity index (χ2n) is 6.77. The van der Waals surface area contributed by atoms with E-state index in [1.165, 1.54) is 12.1 Å². The van der Waals surface area contributed by atoms with Crippen molar-refractivity contribution < 1.29 is 14.0 Å². The zero-order valence-electron chi connectivity index (χ0n) is 14.0. The summed E-state index contributed by atoms with van der Waals surface area (Å²) in [6, 6.07) is 4.23. The number of carbonyl (C=O) groups excluding carboxylic acids is 2. The van der Waals surface area contributed by atoms with Crippen LogP contribution < -0.4 is 10.6 Å². The van der Waals surface area contributed by atoms with Gasteiger partial charge < -0.3 is 10.6 Å². The molecule has 0 spiro atoms. The maximum Gasteiger partial charge on any atom is 0.228 e. The molecule has 2 atom stereocenters. The first-order chi connectivity index (χ1) is 10.9. The Hall–Kier alpha value is -1.91. The van der Waals surface area contributed by atoms with Crippen LogP contribution in [0.25, 0.3) is 0 Å². The summed E-state index contributed by atoms with van der Waals surface area (Å²) in [5.41, 5.74) is 1.08. The SMILES string of the molecule is CC(C)CCCC(C)NC(=O)C1CC(=O)Nc2cc(F)ccc21.